The van der Waals surface area contributed by atoms with Crippen molar-refractivity contribution < 1.29 is 24.5 Å². The van der Waals surface area contributed by atoms with Crippen molar-refractivity contribution in [1.29, 1.82) is 0 Å². The van der Waals surface area contributed by atoms with E-state index < -0.39 is 18.2 Å². The summed E-state index contributed by atoms with van der Waals surface area (Å²) in [6.07, 6.45) is -1.12. The van der Waals surface area contributed by atoms with Gasteiger partial charge in [0.2, 0.25) is 0 Å². The maximum atomic E-state index is 11.4. The lowest BCUT2D eigenvalue weighted by Crippen LogP contribution is -2.22. The van der Waals surface area contributed by atoms with Crippen LogP contribution in [0.25, 0.3) is 0 Å². The van der Waals surface area contributed by atoms with Crippen LogP contribution in [0.5, 0.6) is 0 Å². The lowest BCUT2D eigenvalue weighted by molar-refractivity contribution is -0.109. The monoisotopic (exact) mass is 315 g/mol. The number of nitrogen functional groups attached to an aromatic ring is 1. The van der Waals surface area contributed by atoms with Crippen molar-refractivity contribution in [3.63, 3.8) is 0 Å². The number of rotatable bonds is 6. The molecule has 1 aromatic heterocycles. The van der Waals surface area contributed by atoms with Crippen molar-refractivity contribution in [3.8, 4) is 0 Å². The molecule has 1 aromatic rings. The molecule has 0 aliphatic carbocycles. The molecular formula is C12H17N3O5S. The fourth-order valence-corrected chi connectivity index (χ4v) is 2.13. The molecule has 8 nitrogen and oxygen atoms in total. The van der Waals surface area contributed by atoms with E-state index in [1.54, 1.807) is 0 Å². The van der Waals surface area contributed by atoms with Crippen molar-refractivity contribution in [2.75, 3.05) is 18.6 Å². The van der Waals surface area contributed by atoms with E-state index in [4.69, 9.17) is 5.73 Å². The Morgan fingerprint density at radius 1 is 1.48 bits per heavy atom. The first-order chi connectivity index (χ1) is 9.86. The molecule has 2 unspecified atom stereocenters. The fraction of sp³-hybridized carbons (Fsp3) is 0.500. The van der Waals surface area contributed by atoms with Gasteiger partial charge < -0.3 is 20.7 Å². The van der Waals surface area contributed by atoms with Crippen LogP contribution in [0, 0.1) is 0 Å². The van der Waals surface area contributed by atoms with Crippen molar-refractivity contribution in [3.05, 3.63) is 17.6 Å². The van der Waals surface area contributed by atoms with Gasteiger partial charge in [-0.2, -0.15) is 0 Å². The van der Waals surface area contributed by atoms with Gasteiger partial charge in [0.05, 0.1) is 25.1 Å². The largest absolute Gasteiger partial charge is 0.464 e. The zero-order valence-electron chi connectivity index (χ0n) is 11.6. The molecule has 21 heavy (non-hydrogen) atoms. The summed E-state index contributed by atoms with van der Waals surface area (Å²) in [6.45, 7) is 1.42. The zero-order chi connectivity index (χ0) is 16.0. The molecule has 0 saturated carbocycles. The number of thioether (sulfide) groups is 1. The molecular weight excluding hydrogens is 298 g/mol. The molecule has 0 amide bonds. The first-order valence-electron chi connectivity index (χ1n) is 6.07. The van der Waals surface area contributed by atoms with Gasteiger partial charge in [0.25, 0.3) is 0 Å². The molecule has 0 saturated heterocycles. The SMILES string of the molecule is COC(=O)c1nc(C(O)C(O)CCSC(C)=O)cnc1N. The number of esters is 1. The quantitative estimate of drug-likeness (QED) is 0.615. The Hall–Kier alpha value is -1.71. The van der Waals surface area contributed by atoms with Gasteiger partial charge in [0.15, 0.2) is 16.6 Å². The average molecular weight is 315 g/mol. The smallest absolute Gasteiger partial charge is 0.360 e. The van der Waals surface area contributed by atoms with E-state index in [-0.39, 0.29) is 28.7 Å². The summed E-state index contributed by atoms with van der Waals surface area (Å²) >= 11 is 1.05. The highest BCUT2D eigenvalue weighted by molar-refractivity contribution is 8.13. The molecule has 0 spiro atoms. The molecule has 0 aromatic carbocycles. The van der Waals surface area contributed by atoms with Crippen LogP contribution in [0.3, 0.4) is 0 Å². The Bertz CT molecular complexity index is 526. The molecule has 0 fully saturated rings. The molecule has 1 heterocycles. The summed E-state index contributed by atoms with van der Waals surface area (Å²) in [6, 6.07) is 0. The van der Waals surface area contributed by atoms with E-state index in [9.17, 15) is 19.8 Å². The summed E-state index contributed by atoms with van der Waals surface area (Å²) in [4.78, 5) is 29.8. The number of hydrogen-bond acceptors (Lipinski definition) is 9. The van der Waals surface area contributed by atoms with Crippen LogP contribution in [0.2, 0.25) is 0 Å². The predicted octanol–water partition coefficient (Wildman–Crippen LogP) is -0.0905. The van der Waals surface area contributed by atoms with Crippen LogP contribution in [0.15, 0.2) is 6.20 Å². The summed E-state index contributed by atoms with van der Waals surface area (Å²) in [5.41, 5.74) is 5.28. The lowest BCUT2D eigenvalue weighted by atomic mass is 10.1. The predicted molar refractivity (Wildman–Crippen MR) is 76.5 cm³/mol. The van der Waals surface area contributed by atoms with Crippen molar-refractivity contribution >= 4 is 28.7 Å². The summed E-state index contributed by atoms with van der Waals surface area (Å²) in [5, 5.41) is 19.8. The number of ether oxygens (including phenoxy) is 1. The standard InChI is InChI=1S/C12H17N3O5S/c1-6(16)21-4-3-8(17)10(18)7-5-14-11(13)9(15-7)12(19)20-2/h5,8,10,17-18H,3-4H2,1-2H3,(H2,13,14). The second kappa shape index (κ2) is 7.91. The Kier molecular flexibility index (Phi) is 6.53. The van der Waals surface area contributed by atoms with Gasteiger partial charge in [-0.15, -0.1) is 0 Å². The van der Waals surface area contributed by atoms with Crippen LogP contribution in [-0.4, -0.2) is 50.2 Å². The van der Waals surface area contributed by atoms with Crippen molar-refractivity contribution in [2.45, 2.75) is 25.6 Å². The molecule has 1 rings (SSSR count). The van der Waals surface area contributed by atoms with Crippen molar-refractivity contribution in [1.82, 2.24) is 9.97 Å². The fourth-order valence-electron chi connectivity index (χ4n) is 1.48. The molecule has 0 radical (unpaired) electrons. The van der Waals surface area contributed by atoms with E-state index in [1.165, 1.54) is 20.2 Å². The number of aromatic nitrogens is 2. The van der Waals surface area contributed by atoms with E-state index >= 15 is 0 Å². The molecule has 4 N–H and O–H groups in total. The minimum atomic E-state index is -1.34. The van der Waals surface area contributed by atoms with Crippen molar-refractivity contribution in [2.24, 2.45) is 0 Å². The minimum Gasteiger partial charge on any atom is -0.464 e. The first-order valence-corrected chi connectivity index (χ1v) is 7.05. The summed E-state index contributed by atoms with van der Waals surface area (Å²) in [7, 11) is 1.17. The van der Waals surface area contributed by atoms with Crippen LogP contribution >= 0.6 is 11.8 Å². The van der Waals surface area contributed by atoms with Crippen LogP contribution in [-0.2, 0) is 9.53 Å². The minimum absolute atomic E-state index is 0.00456. The Morgan fingerprint density at radius 2 is 2.14 bits per heavy atom. The maximum absolute atomic E-state index is 11.4. The number of carbonyl (C=O) groups is 2. The van der Waals surface area contributed by atoms with Crippen LogP contribution in [0.1, 0.15) is 35.6 Å². The molecule has 9 heteroatoms. The number of hydrogen-bond donors (Lipinski definition) is 3. The van der Waals surface area contributed by atoms with Crippen LogP contribution < -0.4 is 5.73 Å². The second-order valence-electron chi connectivity index (χ2n) is 4.16. The van der Waals surface area contributed by atoms with Gasteiger partial charge in [-0.1, -0.05) is 11.8 Å². The van der Waals surface area contributed by atoms with E-state index in [0.717, 1.165) is 11.8 Å². The Labute approximate surface area is 125 Å². The third-order valence-corrected chi connectivity index (χ3v) is 3.43. The van der Waals surface area contributed by atoms with E-state index in [0.29, 0.717) is 5.75 Å². The first kappa shape index (κ1) is 17.3. The lowest BCUT2D eigenvalue weighted by Gasteiger charge is -2.17. The highest BCUT2D eigenvalue weighted by Crippen LogP contribution is 2.20. The molecule has 0 bridgehead atoms. The maximum Gasteiger partial charge on any atom is 0.360 e. The Morgan fingerprint density at radius 3 is 2.71 bits per heavy atom. The van der Waals surface area contributed by atoms with Gasteiger partial charge in [0.1, 0.15) is 6.10 Å². The number of carbonyl (C=O) groups excluding carboxylic acids is 2. The number of aliphatic hydroxyl groups excluding tert-OH is 2. The van der Waals surface area contributed by atoms with Gasteiger partial charge in [0, 0.05) is 12.7 Å². The number of aliphatic hydroxyl groups is 2. The van der Waals surface area contributed by atoms with E-state index in [2.05, 4.69) is 14.7 Å². The third kappa shape index (κ3) is 4.96. The van der Waals surface area contributed by atoms with Gasteiger partial charge in [-0.25, -0.2) is 14.8 Å². The zero-order valence-corrected chi connectivity index (χ0v) is 12.5. The Balaban J connectivity index is 2.79. The average Bonchev–Trinajstić information content (AvgIpc) is 2.45. The van der Waals surface area contributed by atoms with Gasteiger partial charge in [-0.3, -0.25) is 4.79 Å². The third-order valence-electron chi connectivity index (χ3n) is 2.58. The highest BCUT2D eigenvalue weighted by atomic mass is 32.2. The van der Waals surface area contributed by atoms with Gasteiger partial charge >= 0.3 is 5.97 Å². The topological polar surface area (TPSA) is 136 Å². The number of nitrogens with two attached hydrogens (primary N) is 1. The molecule has 2 atom stereocenters. The van der Waals surface area contributed by atoms with Gasteiger partial charge in [-0.05, 0) is 6.42 Å². The number of anilines is 1. The van der Waals surface area contributed by atoms with Crippen LogP contribution in [0.4, 0.5) is 5.82 Å². The molecule has 0 aliphatic heterocycles. The number of methoxy groups -OCH3 is 1. The second-order valence-corrected chi connectivity index (χ2v) is 5.43. The van der Waals surface area contributed by atoms with E-state index in [1.807, 2.05) is 0 Å². The molecule has 0 aliphatic rings. The highest BCUT2D eigenvalue weighted by Gasteiger charge is 2.23. The number of nitrogens with zero attached hydrogens (tertiary/aromatic N) is 2. The summed E-state index contributed by atoms with van der Waals surface area (Å²) in [5.74, 6) is -0.546. The summed E-state index contributed by atoms with van der Waals surface area (Å²) < 4.78 is 4.50. The molecule has 116 valence electrons. The normalized spacial score (nSPS) is 13.5.